The summed E-state index contributed by atoms with van der Waals surface area (Å²) in [7, 11) is 0. The number of carbonyl (C=O) groups excluding carboxylic acids is 5. The fraction of sp³-hybridized carbons (Fsp3) is 0.426. The molecule has 0 fully saturated rings. The van der Waals surface area contributed by atoms with Crippen LogP contribution in [0.3, 0.4) is 0 Å². The molecule has 62 heavy (non-hydrogen) atoms. The van der Waals surface area contributed by atoms with E-state index >= 15 is 4.39 Å². The van der Waals surface area contributed by atoms with Gasteiger partial charge in [0, 0.05) is 62.5 Å². The van der Waals surface area contributed by atoms with Crippen LogP contribution < -0.4 is 21.7 Å². The molecule has 1 aromatic heterocycles. The highest BCUT2D eigenvalue weighted by Crippen LogP contribution is 2.41. The minimum atomic E-state index is -1.05. The maximum absolute atomic E-state index is 15.1. The Bertz CT molecular complexity index is 2090. The lowest BCUT2D eigenvalue weighted by Crippen LogP contribution is -2.47. The van der Waals surface area contributed by atoms with Crippen molar-refractivity contribution in [3.63, 3.8) is 0 Å². The van der Waals surface area contributed by atoms with Gasteiger partial charge < -0.3 is 41.0 Å². The number of aromatic nitrogens is 1. The Morgan fingerprint density at radius 2 is 1.52 bits per heavy atom. The molecule has 0 saturated heterocycles. The predicted molar refractivity (Wildman–Crippen MR) is 232 cm³/mol. The predicted octanol–water partition coefficient (Wildman–Crippen LogP) is 6.17. The van der Waals surface area contributed by atoms with Crippen molar-refractivity contribution in [1.82, 2.24) is 25.4 Å². The first-order chi connectivity index (χ1) is 29.6. The summed E-state index contributed by atoms with van der Waals surface area (Å²) in [6, 6.07) is 21.3. The number of unbranched alkanes of at least 4 members (excludes halogenated alkanes) is 1. The zero-order valence-electron chi connectivity index (χ0n) is 36.0. The van der Waals surface area contributed by atoms with Crippen molar-refractivity contribution in [3.05, 3.63) is 120 Å². The van der Waals surface area contributed by atoms with Gasteiger partial charge in [-0.25, -0.2) is 13.6 Å². The second-order valence-corrected chi connectivity index (χ2v) is 16.4. The van der Waals surface area contributed by atoms with Gasteiger partial charge in [0.05, 0.1) is 18.1 Å². The normalized spacial score (nSPS) is 12.8. The second-order valence-electron chi connectivity index (χ2n) is 16.4. The quantitative estimate of drug-likeness (QED) is 0.0548. The van der Waals surface area contributed by atoms with Gasteiger partial charge in [-0.1, -0.05) is 81.4 Å². The van der Waals surface area contributed by atoms with Gasteiger partial charge in [0.2, 0.25) is 17.7 Å². The molecule has 0 saturated carbocycles. The number of Topliss-reactive ketones (excluding diaryl/α,β-unsaturated/α-hetero) is 1. The smallest absolute Gasteiger partial charge is 0.407 e. The third-order valence-electron chi connectivity index (χ3n) is 10.3. The zero-order valence-corrected chi connectivity index (χ0v) is 36.0. The standard InChI is InChI=1S/C47H60F2N6O7/c1-32(57)53-40(18-11-12-23-52-46(61)62-31-34-16-9-6-10-17-34)42(58)19-13-24-51-45(60)39(50)22-25-55(43(59)30-56)44(47(2,3)4)41-26-35(37-27-36(48)20-21-38(37)49)29-54(41)28-33-14-7-5-8-15-33/h5-10,14-17,20-21,26-27,29,39-40,44,56H,11-13,18-19,22-25,28,30-31,50H2,1-4H3,(H,51,60)(H,52,61)(H,53,57)/t39-,40-,44-/m0/s1. The molecule has 0 radical (unpaired) electrons. The van der Waals surface area contributed by atoms with Crippen molar-refractivity contribution in [2.45, 2.75) is 97.5 Å². The summed E-state index contributed by atoms with van der Waals surface area (Å²) in [6.07, 6.45) is 3.06. The zero-order chi connectivity index (χ0) is 45.2. The van der Waals surface area contributed by atoms with Crippen molar-refractivity contribution in [3.8, 4) is 11.1 Å². The van der Waals surface area contributed by atoms with Crippen LogP contribution >= 0.6 is 0 Å². The van der Waals surface area contributed by atoms with Gasteiger partial charge in [0.15, 0.2) is 5.78 Å². The molecule has 3 atom stereocenters. The number of rotatable bonds is 23. The number of hydrogen-bond acceptors (Lipinski definition) is 8. The van der Waals surface area contributed by atoms with Crippen LogP contribution in [-0.2, 0) is 37.1 Å². The van der Waals surface area contributed by atoms with Crippen LogP contribution in [0.5, 0.6) is 0 Å². The first-order valence-electron chi connectivity index (χ1n) is 20.9. The Hall–Kier alpha value is -5.93. The fourth-order valence-corrected chi connectivity index (χ4v) is 7.29. The van der Waals surface area contributed by atoms with Crippen LogP contribution in [-0.4, -0.2) is 82.5 Å². The fourth-order valence-electron chi connectivity index (χ4n) is 7.29. The van der Waals surface area contributed by atoms with E-state index in [4.69, 9.17) is 10.5 Å². The van der Waals surface area contributed by atoms with E-state index in [0.717, 1.165) is 29.3 Å². The lowest BCUT2D eigenvalue weighted by molar-refractivity contribution is -0.140. The molecular weight excluding hydrogens is 799 g/mol. The number of halogens is 2. The van der Waals surface area contributed by atoms with E-state index in [1.807, 2.05) is 86.0 Å². The van der Waals surface area contributed by atoms with Crippen LogP contribution in [0.2, 0.25) is 0 Å². The molecule has 4 aromatic rings. The molecular formula is C47H60F2N6O7. The van der Waals surface area contributed by atoms with Gasteiger partial charge in [-0.15, -0.1) is 0 Å². The summed E-state index contributed by atoms with van der Waals surface area (Å²) in [5, 5.41) is 18.3. The summed E-state index contributed by atoms with van der Waals surface area (Å²) in [5.74, 6) is -2.86. The highest BCUT2D eigenvalue weighted by atomic mass is 19.1. The van der Waals surface area contributed by atoms with Gasteiger partial charge in [-0.2, -0.15) is 0 Å². The highest BCUT2D eigenvalue weighted by molar-refractivity contribution is 5.88. The van der Waals surface area contributed by atoms with E-state index in [0.29, 0.717) is 43.6 Å². The van der Waals surface area contributed by atoms with Crippen molar-refractivity contribution in [2.24, 2.45) is 11.1 Å². The van der Waals surface area contributed by atoms with E-state index in [1.54, 1.807) is 12.3 Å². The van der Waals surface area contributed by atoms with Gasteiger partial charge in [0.1, 0.15) is 24.8 Å². The van der Waals surface area contributed by atoms with Gasteiger partial charge >= 0.3 is 6.09 Å². The number of alkyl carbamates (subject to hydrolysis) is 1. The number of aliphatic hydroxyl groups is 1. The Balaban J connectivity index is 1.34. The van der Waals surface area contributed by atoms with Crippen LogP contribution in [0.4, 0.5) is 13.6 Å². The molecule has 0 aliphatic heterocycles. The molecule has 1 heterocycles. The number of nitrogens with one attached hydrogen (secondary N) is 3. The number of carbonyl (C=O) groups is 5. The van der Waals surface area contributed by atoms with Gasteiger partial charge in [-0.05, 0) is 72.9 Å². The van der Waals surface area contributed by atoms with E-state index in [-0.39, 0.29) is 56.2 Å². The molecule has 4 amide bonds. The maximum atomic E-state index is 15.1. The van der Waals surface area contributed by atoms with Crippen molar-refractivity contribution in [1.29, 1.82) is 0 Å². The third kappa shape index (κ3) is 15.2. The van der Waals surface area contributed by atoms with Crippen molar-refractivity contribution >= 4 is 29.6 Å². The number of benzene rings is 3. The van der Waals surface area contributed by atoms with Crippen molar-refractivity contribution < 1.29 is 42.6 Å². The summed E-state index contributed by atoms with van der Waals surface area (Å²) < 4.78 is 36.5. The minimum absolute atomic E-state index is 0.0165. The molecule has 6 N–H and O–H groups in total. The molecule has 3 aromatic carbocycles. The largest absolute Gasteiger partial charge is 0.445 e. The van der Waals surface area contributed by atoms with Gasteiger partial charge in [-0.3, -0.25) is 19.2 Å². The summed E-state index contributed by atoms with van der Waals surface area (Å²) in [4.78, 5) is 65.1. The van der Waals surface area contributed by atoms with Crippen LogP contribution in [0, 0.1) is 17.0 Å². The highest BCUT2D eigenvalue weighted by Gasteiger charge is 2.37. The number of aliphatic hydroxyl groups excluding tert-OH is 1. The number of ketones is 1. The summed E-state index contributed by atoms with van der Waals surface area (Å²) >= 11 is 0. The molecule has 0 unspecified atom stereocenters. The Kier molecular flexibility index (Phi) is 18.8. The number of amides is 4. The molecule has 334 valence electrons. The second kappa shape index (κ2) is 23.9. The summed E-state index contributed by atoms with van der Waals surface area (Å²) in [6.45, 7) is 7.25. The molecule has 13 nitrogen and oxygen atoms in total. The number of ether oxygens (including phenoxy) is 1. The molecule has 15 heteroatoms. The Morgan fingerprint density at radius 1 is 0.855 bits per heavy atom. The molecule has 4 rings (SSSR count). The molecule has 0 spiro atoms. The average Bonchev–Trinajstić information content (AvgIpc) is 3.64. The first kappa shape index (κ1) is 48.7. The van der Waals surface area contributed by atoms with E-state index < -0.39 is 59.7 Å². The monoisotopic (exact) mass is 858 g/mol. The first-order valence-corrected chi connectivity index (χ1v) is 20.9. The lowest BCUT2D eigenvalue weighted by atomic mass is 9.82. The molecule has 0 bridgehead atoms. The van der Waals surface area contributed by atoms with Crippen LogP contribution in [0.25, 0.3) is 11.1 Å². The Morgan fingerprint density at radius 3 is 2.16 bits per heavy atom. The van der Waals surface area contributed by atoms with Crippen LogP contribution in [0.1, 0.15) is 89.1 Å². The van der Waals surface area contributed by atoms with Crippen molar-refractivity contribution in [2.75, 3.05) is 26.2 Å². The minimum Gasteiger partial charge on any atom is -0.445 e. The maximum Gasteiger partial charge on any atom is 0.407 e. The van der Waals surface area contributed by atoms with E-state index in [9.17, 15) is 33.5 Å². The SMILES string of the molecule is CC(=O)N[C@@H](CCCCNC(=O)OCc1ccccc1)C(=O)CCCNC(=O)[C@@H](N)CCN(C(=O)CO)[C@@H](c1cc(-c2cc(F)ccc2F)cn1Cc1ccccc1)C(C)(C)C. The summed E-state index contributed by atoms with van der Waals surface area (Å²) in [5.41, 5.74) is 8.55. The number of nitrogens with two attached hydrogens (primary N) is 1. The molecule has 0 aliphatic rings. The molecule has 0 aliphatic carbocycles. The lowest BCUT2D eigenvalue weighted by Gasteiger charge is -2.41. The third-order valence-corrected chi connectivity index (χ3v) is 10.3. The van der Waals surface area contributed by atoms with Crippen LogP contribution in [0.15, 0.2) is 91.1 Å². The van der Waals surface area contributed by atoms with Gasteiger partial charge in [0.25, 0.3) is 0 Å². The number of nitrogens with zero attached hydrogens (tertiary/aromatic N) is 2. The number of hydrogen-bond donors (Lipinski definition) is 5. The van der Waals surface area contributed by atoms with E-state index in [2.05, 4.69) is 16.0 Å². The average molecular weight is 859 g/mol. The Labute approximate surface area is 362 Å². The topological polar surface area (TPSA) is 185 Å². The van der Waals surface area contributed by atoms with E-state index in [1.165, 1.54) is 11.8 Å².